The molecule has 1 aliphatic rings. The minimum absolute atomic E-state index is 0.144. The summed E-state index contributed by atoms with van der Waals surface area (Å²) in [5, 5.41) is 2.94. The highest BCUT2D eigenvalue weighted by molar-refractivity contribution is 7.90. The molecule has 1 fully saturated rings. The van der Waals surface area contributed by atoms with Crippen LogP contribution in [0.25, 0.3) is 0 Å². The van der Waals surface area contributed by atoms with Gasteiger partial charge in [-0.2, -0.15) is 0 Å². The Morgan fingerprint density at radius 2 is 2.10 bits per heavy atom. The zero-order valence-corrected chi connectivity index (χ0v) is 12.5. The summed E-state index contributed by atoms with van der Waals surface area (Å²) in [5.74, 6) is 0.130. The van der Waals surface area contributed by atoms with Gasteiger partial charge in [0.15, 0.2) is 9.84 Å². The Balaban J connectivity index is 2.21. The van der Waals surface area contributed by atoms with Crippen molar-refractivity contribution in [3.8, 4) is 0 Å². The SMILES string of the molecule is CC(CN)(NC(=O)c1cccc(S(C)(=O)=O)c1)C1CC1. The molecule has 0 bridgehead atoms. The van der Waals surface area contributed by atoms with Crippen molar-refractivity contribution in [1.29, 1.82) is 0 Å². The van der Waals surface area contributed by atoms with Crippen molar-refractivity contribution in [1.82, 2.24) is 5.32 Å². The predicted molar refractivity (Wildman–Crippen MR) is 77.2 cm³/mol. The van der Waals surface area contributed by atoms with Crippen molar-refractivity contribution < 1.29 is 13.2 Å². The van der Waals surface area contributed by atoms with Gasteiger partial charge in [0, 0.05) is 18.4 Å². The maximum Gasteiger partial charge on any atom is 0.251 e. The minimum Gasteiger partial charge on any atom is -0.345 e. The maximum absolute atomic E-state index is 12.3. The maximum atomic E-state index is 12.3. The molecule has 0 aliphatic heterocycles. The summed E-state index contributed by atoms with van der Waals surface area (Å²) in [6.07, 6.45) is 3.26. The van der Waals surface area contributed by atoms with Crippen LogP contribution in [-0.2, 0) is 9.84 Å². The predicted octanol–water partition coefficient (Wildman–Crippen LogP) is 0.947. The van der Waals surface area contributed by atoms with Crippen molar-refractivity contribution in [3.63, 3.8) is 0 Å². The van der Waals surface area contributed by atoms with E-state index in [1.807, 2.05) is 6.92 Å². The van der Waals surface area contributed by atoms with E-state index in [1.165, 1.54) is 12.1 Å². The summed E-state index contributed by atoms with van der Waals surface area (Å²) in [5.41, 5.74) is 5.69. The van der Waals surface area contributed by atoms with Gasteiger partial charge >= 0.3 is 0 Å². The number of benzene rings is 1. The number of hydrogen-bond donors (Lipinski definition) is 2. The highest BCUT2D eigenvalue weighted by atomic mass is 32.2. The van der Waals surface area contributed by atoms with Gasteiger partial charge < -0.3 is 11.1 Å². The van der Waals surface area contributed by atoms with Crippen molar-refractivity contribution in [2.45, 2.75) is 30.2 Å². The lowest BCUT2D eigenvalue weighted by molar-refractivity contribution is 0.0897. The van der Waals surface area contributed by atoms with E-state index < -0.39 is 15.4 Å². The van der Waals surface area contributed by atoms with Gasteiger partial charge in [0.2, 0.25) is 0 Å². The molecule has 0 heterocycles. The molecule has 0 radical (unpaired) electrons. The van der Waals surface area contributed by atoms with Crippen molar-refractivity contribution in [2.24, 2.45) is 11.7 Å². The minimum atomic E-state index is -3.32. The normalized spacial score (nSPS) is 18.4. The first-order valence-electron chi connectivity index (χ1n) is 6.59. The first-order valence-corrected chi connectivity index (χ1v) is 8.48. The van der Waals surface area contributed by atoms with E-state index in [-0.39, 0.29) is 10.8 Å². The molecule has 1 aromatic rings. The summed E-state index contributed by atoms with van der Waals surface area (Å²) in [6, 6.07) is 6.06. The molecule has 1 unspecified atom stereocenters. The average molecular weight is 296 g/mol. The van der Waals surface area contributed by atoms with Crippen LogP contribution in [0.4, 0.5) is 0 Å². The van der Waals surface area contributed by atoms with Gasteiger partial charge in [0.25, 0.3) is 5.91 Å². The van der Waals surface area contributed by atoms with Gasteiger partial charge in [-0.15, -0.1) is 0 Å². The summed E-state index contributed by atoms with van der Waals surface area (Å²) < 4.78 is 23.0. The third-order valence-corrected chi connectivity index (χ3v) is 4.94. The first-order chi connectivity index (χ1) is 9.26. The molecule has 0 aromatic heterocycles. The van der Waals surface area contributed by atoms with E-state index in [9.17, 15) is 13.2 Å². The van der Waals surface area contributed by atoms with E-state index in [4.69, 9.17) is 5.73 Å². The van der Waals surface area contributed by atoms with E-state index >= 15 is 0 Å². The van der Waals surface area contributed by atoms with Gasteiger partial charge in [0.1, 0.15) is 0 Å². The molecule has 1 aromatic carbocycles. The number of nitrogens with one attached hydrogen (secondary N) is 1. The average Bonchev–Trinajstić information content (AvgIpc) is 3.22. The molecule has 1 saturated carbocycles. The number of sulfone groups is 1. The monoisotopic (exact) mass is 296 g/mol. The second-order valence-corrected chi connectivity index (χ2v) is 7.67. The second kappa shape index (κ2) is 5.18. The van der Waals surface area contributed by atoms with E-state index in [2.05, 4.69) is 5.32 Å². The number of nitrogens with two attached hydrogens (primary N) is 1. The summed E-state index contributed by atoms with van der Waals surface area (Å²) in [4.78, 5) is 12.4. The zero-order valence-electron chi connectivity index (χ0n) is 11.7. The number of carbonyl (C=O) groups excluding carboxylic acids is 1. The van der Waals surface area contributed by atoms with Gasteiger partial charge in [-0.25, -0.2) is 8.42 Å². The van der Waals surface area contributed by atoms with Crippen LogP contribution in [0.3, 0.4) is 0 Å². The van der Waals surface area contributed by atoms with Gasteiger partial charge in [0.05, 0.1) is 10.4 Å². The molecule has 0 saturated heterocycles. The zero-order chi connectivity index (χ0) is 15.0. The largest absolute Gasteiger partial charge is 0.345 e. The van der Waals surface area contributed by atoms with Gasteiger partial charge in [-0.05, 0) is 43.9 Å². The molecule has 6 heteroatoms. The quantitative estimate of drug-likeness (QED) is 0.846. The van der Waals surface area contributed by atoms with Gasteiger partial charge in [-0.3, -0.25) is 4.79 Å². The van der Waals surface area contributed by atoms with E-state index in [1.54, 1.807) is 12.1 Å². The molecule has 20 heavy (non-hydrogen) atoms. The van der Waals surface area contributed by atoms with Crippen LogP contribution in [0.1, 0.15) is 30.1 Å². The van der Waals surface area contributed by atoms with E-state index in [0.717, 1.165) is 19.1 Å². The molecule has 2 rings (SSSR count). The molecule has 1 aliphatic carbocycles. The fourth-order valence-corrected chi connectivity index (χ4v) is 2.91. The molecule has 1 atom stereocenters. The van der Waals surface area contributed by atoms with Crippen LogP contribution in [0, 0.1) is 5.92 Å². The fraction of sp³-hybridized carbons (Fsp3) is 0.500. The van der Waals surface area contributed by atoms with Gasteiger partial charge in [-0.1, -0.05) is 6.07 Å². The number of hydrogen-bond acceptors (Lipinski definition) is 4. The lowest BCUT2D eigenvalue weighted by Gasteiger charge is -2.29. The van der Waals surface area contributed by atoms with Crippen LogP contribution < -0.4 is 11.1 Å². The Morgan fingerprint density at radius 1 is 1.45 bits per heavy atom. The summed E-state index contributed by atoms with van der Waals surface area (Å²) >= 11 is 0. The lowest BCUT2D eigenvalue weighted by Crippen LogP contribution is -2.53. The smallest absolute Gasteiger partial charge is 0.251 e. The lowest BCUT2D eigenvalue weighted by atomic mass is 9.95. The van der Waals surface area contributed by atoms with Crippen LogP contribution in [0.5, 0.6) is 0 Å². The second-order valence-electron chi connectivity index (χ2n) is 5.65. The Hall–Kier alpha value is -1.40. The molecule has 5 nitrogen and oxygen atoms in total. The van der Waals surface area contributed by atoms with Crippen molar-refractivity contribution >= 4 is 15.7 Å². The number of carbonyl (C=O) groups is 1. The van der Waals surface area contributed by atoms with Crippen molar-refractivity contribution in [3.05, 3.63) is 29.8 Å². The van der Waals surface area contributed by atoms with Crippen molar-refractivity contribution in [2.75, 3.05) is 12.8 Å². The van der Waals surface area contributed by atoms with E-state index in [0.29, 0.717) is 18.0 Å². The summed E-state index contributed by atoms with van der Waals surface area (Å²) in [6.45, 7) is 2.30. The molecule has 110 valence electrons. The molecular formula is C14H20N2O3S. The first kappa shape index (κ1) is 15.0. The highest BCUT2D eigenvalue weighted by Gasteiger charge is 2.41. The van der Waals surface area contributed by atoms with Crippen LogP contribution in [0.2, 0.25) is 0 Å². The summed E-state index contributed by atoms with van der Waals surface area (Å²) in [7, 11) is -3.32. The van der Waals surface area contributed by atoms with Crippen LogP contribution in [0.15, 0.2) is 29.2 Å². The standard InChI is InChI=1S/C14H20N2O3S/c1-14(9-15,11-6-7-11)16-13(17)10-4-3-5-12(8-10)20(2,18)19/h3-5,8,11H,6-7,9,15H2,1-2H3,(H,16,17). The Kier molecular flexibility index (Phi) is 3.88. The molecule has 3 N–H and O–H groups in total. The third kappa shape index (κ3) is 3.19. The topological polar surface area (TPSA) is 89.3 Å². The Labute approximate surface area is 119 Å². The number of rotatable bonds is 5. The Bertz CT molecular complexity index is 623. The highest BCUT2D eigenvalue weighted by Crippen LogP contribution is 2.39. The van der Waals surface area contributed by atoms with Crippen LogP contribution in [-0.4, -0.2) is 32.7 Å². The molecule has 1 amide bonds. The molecule has 0 spiro atoms. The number of amides is 1. The molecular weight excluding hydrogens is 276 g/mol. The fourth-order valence-electron chi connectivity index (χ4n) is 2.24. The van der Waals surface area contributed by atoms with Crippen LogP contribution >= 0.6 is 0 Å². The third-order valence-electron chi connectivity index (χ3n) is 3.83. The Morgan fingerprint density at radius 3 is 2.60 bits per heavy atom.